The molecule has 1 amide bonds. The minimum Gasteiger partial charge on any atom is -0.325 e. The lowest BCUT2D eigenvalue weighted by atomic mass is 10.2. The van der Waals surface area contributed by atoms with E-state index in [0.29, 0.717) is 12.6 Å². The van der Waals surface area contributed by atoms with Gasteiger partial charge in [0.2, 0.25) is 5.91 Å². The summed E-state index contributed by atoms with van der Waals surface area (Å²) in [6.45, 7) is 4.61. The fraction of sp³-hybridized carbons (Fsp3) is 0.462. The number of hydrogen-bond acceptors (Lipinski definition) is 2. The smallest absolute Gasteiger partial charge is 0.238 e. The SMILES string of the molecule is CCCC(C)NCC(=O)Nc1ccccc1. The quantitative estimate of drug-likeness (QED) is 0.773. The van der Waals surface area contributed by atoms with Crippen molar-refractivity contribution in [2.45, 2.75) is 32.7 Å². The second-order valence-electron chi connectivity index (χ2n) is 3.98. The third-order valence-corrected chi connectivity index (χ3v) is 2.39. The van der Waals surface area contributed by atoms with Crippen LogP contribution in [0.4, 0.5) is 5.69 Å². The molecule has 1 aromatic rings. The molecule has 2 N–H and O–H groups in total. The molecule has 3 heteroatoms. The molecule has 1 atom stereocenters. The summed E-state index contributed by atoms with van der Waals surface area (Å²) in [4.78, 5) is 11.5. The lowest BCUT2D eigenvalue weighted by molar-refractivity contribution is -0.115. The molecule has 0 aliphatic rings. The van der Waals surface area contributed by atoms with Gasteiger partial charge >= 0.3 is 0 Å². The molecule has 3 nitrogen and oxygen atoms in total. The van der Waals surface area contributed by atoms with Crippen LogP contribution in [0.1, 0.15) is 26.7 Å². The third-order valence-electron chi connectivity index (χ3n) is 2.39. The van der Waals surface area contributed by atoms with E-state index in [4.69, 9.17) is 0 Å². The van der Waals surface area contributed by atoms with Crippen LogP contribution in [0.15, 0.2) is 30.3 Å². The highest BCUT2D eigenvalue weighted by molar-refractivity contribution is 5.92. The Kier molecular flexibility index (Phi) is 5.57. The molecule has 0 fully saturated rings. The van der Waals surface area contributed by atoms with Gasteiger partial charge in [-0.3, -0.25) is 4.79 Å². The van der Waals surface area contributed by atoms with Gasteiger partial charge in [-0.2, -0.15) is 0 Å². The summed E-state index contributed by atoms with van der Waals surface area (Å²) in [5, 5.41) is 6.03. The van der Waals surface area contributed by atoms with Crippen LogP contribution < -0.4 is 10.6 Å². The van der Waals surface area contributed by atoms with Gasteiger partial charge in [-0.25, -0.2) is 0 Å². The first kappa shape index (κ1) is 12.7. The second-order valence-corrected chi connectivity index (χ2v) is 3.98. The van der Waals surface area contributed by atoms with E-state index < -0.39 is 0 Å². The third kappa shape index (κ3) is 4.94. The standard InChI is InChI=1S/C13H20N2O/c1-3-7-11(2)14-10-13(16)15-12-8-5-4-6-9-12/h4-6,8-9,11,14H,3,7,10H2,1-2H3,(H,15,16). The lowest BCUT2D eigenvalue weighted by Gasteiger charge is -2.12. The van der Waals surface area contributed by atoms with E-state index in [0.717, 1.165) is 18.5 Å². The van der Waals surface area contributed by atoms with Crippen molar-refractivity contribution in [1.82, 2.24) is 5.32 Å². The van der Waals surface area contributed by atoms with Crippen molar-refractivity contribution in [3.8, 4) is 0 Å². The summed E-state index contributed by atoms with van der Waals surface area (Å²) >= 11 is 0. The Morgan fingerprint density at radius 1 is 1.31 bits per heavy atom. The van der Waals surface area contributed by atoms with Crippen molar-refractivity contribution < 1.29 is 4.79 Å². The highest BCUT2D eigenvalue weighted by Gasteiger charge is 2.04. The Morgan fingerprint density at radius 2 is 2.00 bits per heavy atom. The Bertz CT molecular complexity index is 311. The minimum atomic E-state index is 0.00848. The predicted octanol–water partition coefficient (Wildman–Crippen LogP) is 2.40. The van der Waals surface area contributed by atoms with E-state index in [2.05, 4.69) is 24.5 Å². The zero-order chi connectivity index (χ0) is 11.8. The summed E-state index contributed by atoms with van der Waals surface area (Å²) in [6.07, 6.45) is 2.23. The van der Waals surface area contributed by atoms with Crippen molar-refractivity contribution in [3.63, 3.8) is 0 Å². The van der Waals surface area contributed by atoms with Crippen molar-refractivity contribution in [1.29, 1.82) is 0 Å². The van der Waals surface area contributed by atoms with Crippen molar-refractivity contribution >= 4 is 11.6 Å². The average molecular weight is 220 g/mol. The molecule has 1 unspecified atom stereocenters. The van der Waals surface area contributed by atoms with Gasteiger partial charge in [-0.05, 0) is 25.5 Å². The number of nitrogens with one attached hydrogen (secondary N) is 2. The number of carbonyl (C=O) groups is 1. The predicted molar refractivity (Wildman–Crippen MR) is 67.4 cm³/mol. The Balaban J connectivity index is 2.26. The van der Waals surface area contributed by atoms with Crippen LogP contribution in [0.5, 0.6) is 0 Å². The highest BCUT2D eigenvalue weighted by atomic mass is 16.1. The van der Waals surface area contributed by atoms with Crippen LogP contribution in [0.2, 0.25) is 0 Å². The number of anilines is 1. The van der Waals surface area contributed by atoms with Gasteiger partial charge < -0.3 is 10.6 Å². The van der Waals surface area contributed by atoms with Gasteiger partial charge in [0.25, 0.3) is 0 Å². The molecule has 0 bridgehead atoms. The van der Waals surface area contributed by atoms with Crippen molar-refractivity contribution in [2.75, 3.05) is 11.9 Å². The van der Waals surface area contributed by atoms with Crippen LogP contribution >= 0.6 is 0 Å². The minimum absolute atomic E-state index is 0.00848. The summed E-state index contributed by atoms with van der Waals surface area (Å²) < 4.78 is 0. The van der Waals surface area contributed by atoms with Gasteiger partial charge in [0.15, 0.2) is 0 Å². The molecule has 0 aromatic heterocycles. The molecule has 0 aliphatic carbocycles. The number of benzene rings is 1. The van der Waals surface area contributed by atoms with Crippen molar-refractivity contribution in [3.05, 3.63) is 30.3 Å². The van der Waals surface area contributed by atoms with E-state index in [-0.39, 0.29) is 5.91 Å². The van der Waals surface area contributed by atoms with Crippen LogP contribution in [-0.4, -0.2) is 18.5 Å². The van der Waals surface area contributed by atoms with Gasteiger partial charge in [0.05, 0.1) is 6.54 Å². The first-order valence-corrected chi connectivity index (χ1v) is 5.80. The average Bonchev–Trinajstić information content (AvgIpc) is 2.28. The molecule has 0 heterocycles. The normalized spacial score (nSPS) is 12.1. The summed E-state index contributed by atoms with van der Waals surface area (Å²) in [6, 6.07) is 9.90. The van der Waals surface area contributed by atoms with Gasteiger partial charge in [0, 0.05) is 11.7 Å². The van der Waals surface area contributed by atoms with Gasteiger partial charge in [-0.15, -0.1) is 0 Å². The van der Waals surface area contributed by atoms with Gasteiger partial charge in [-0.1, -0.05) is 31.5 Å². The Morgan fingerprint density at radius 3 is 2.62 bits per heavy atom. The first-order valence-electron chi connectivity index (χ1n) is 5.80. The number of rotatable bonds is 6. The van der Waals surface area contributed by atoms with E-state index in [1.807, 2.05) is 30.3 Å². The summed E-state index contributed by atoms with van der Waals surface area (Å²) in [7, 11) is 0. The maximum absolute atomic E-state index is 11.5. The molecular weight excluding hydrogens is 200 g/mol. The fourth-order valence-electron chi connectivity index (χ4n) is 1.53. The zero-order valence-corrected chi connectivity index (χ0v) is 9.99. The second kappa shape index (κ2) is 7.01. The number of hydrogen-bond donors (Lipinski definition) is 2. The molecule has 0 aliphatic heterocycles. The highest BCUT2D eigenvalue weighted by Crippen LogP contribution is 2.04. The van der Waals surface area contributed by atoms with Crippen molar-refractivity contribution in [2.24, 2.45) is 0 Å². The van der Waals surface area contributed by atoms with E-state index in [9.17, 15) is 4.79 Å². The number of carbonyl (C=O) groups excluding carboxylic acids is 1. The molecule has 0 spiro atoms. The lowest BCUT2D eigenvalue weighted by Crippen LogP contribution is -2.34. The molecule has 0 radical (unpaired) electrons. The molecular formula is C13H20N2O. The van der Waals surface area contributed by atoms with E-state index in [1.54, 1.807) is 0 Å². The van der Waals surface area contributed by atoms with E-state index >= 15 is 0 Å². The Labute approximate surface area is 97.2 Å². The van der Waals surface area contributed by atoms with Crippen LogP contribution in [0.25, 0.3) is 0 Å². The van der Waals surface area contributed by atoms with E-state index in [1.165, 1.54) is 0 Å². The fourth-order valence-corrected chi connectivity index (χ4v) is 1.53. The topological polar surface area (TPSA) is 41.1 Å². The largest absolute Gasteiger partial charge is 0.325 e. The maximum Gasteiger partial charge on any atom is 0.238 e. The summed E-state index contributed by atoms with van der Waals surface area (Å²) in [5.41, 5.74) is 0.845. The van der Waals surface area contributed by atoms with Gasteiger partial charge in [0.1, 0.15) is 0 Å². The Hall–Kier alpha value is -1.35. The molecule has 1 aromatic carbocycles. The van der Waals surface area contributed by atoms with Crippen LogP contribution in [0, 0.1) is 0 Å². The molecule has 88 valence electrons. The summed E-state index contributed by atoms with van der Waals surface area (Å²) in [5.74, 6) is 0.00848. The van der Waals surface area contributed by atoms with Crippen LogP contribution in [-0.2, 0) is 4.79 Å². The number of amides is 1. The molecule has 16 heavy (non-hydrogen) atoms. The van der Waals surface area contributed by atoms with Crippen LogP contribution in [0.3, 0.4) is 0 Å². The monoisotopic (exact) mass is 220 g/mol. The molecule has 0 saturated heterocycles. The zero-order valence-electron chi connectivity index (χ0n) is 9.99. The molecule has 1 rings (SSSR count). The first-order chi connectivity index (χ1) is 7.72. The number of para-hydroxylation sites is 1. The molecule has 0 saturated carbocycles. The maximum atomic E-state index is 11.5.